The molecule has 9 heteroatoms. The van der Waals surface area contributed by atoms with Gasteiger partial charge in [-0.05, 0) is 18.6 Å². The van der Waals surface area contributed by atoms with Crippen LogP contribution in [0.4, 0.5) is 5.69 Å². The number of thiazole rings is 1. The van der Waals surface area contributed by atoms with Crippen molar-refractivity contribution in [1.29, 1.82) is 5.26 Å². The van der Waals surface area contributed by atoms with Crippen LogP contribution in [0, 0.1) is 28.4 Å². The molecule has 0 amide bonds. The van der Waals surface area contributed by atoms with Crippen LogP contribution < -0.4 is 0 Å². The van der Waals surface area contributed by atoms with Crippen molar-refractivity contribution in [3.8, 4) is 6.07 Å². The maximum absolute atomic E-state index is 12.1. The Morgan fingerprint density at radius 2 is 2.27 bits per heavy atom. The highest BCUT2D eigenvalue weighted by atomic mass is 32.1. The molecule has 1 heterocycles. The van der Waals surface area contributed by atoms with Gasteiger partial charge in [0.2, 0.25) is 0 Å². The minimum absolute atomic E-state index is 0.105. The van der Waals surface area contributed by atoms with Crippen LogP contribution in [0.2, 0.25) is 0 Å². The van der Waals surface area contributed by atoms with Gasteiger partial charge in [0.25, 0.3) is 5.69 Å². The molecule has 0 aliphatic heterocycles. The number of aryl methyl sites for hydroxylation is 1. The number of hydrogen-bond acceptors (Lipinski definition) is 8. The second-order valence-electron chi connectivity index (χ2n) is 5.15. The normalized spacial score (nSPS) is 11.7. The number of nitrogens with zero attached hydrogens (tertiary/aromatic N) is 3. The van der Waals surface area contributed by atoms with Gasteiger partial charge in [0.1, 0.15) is 5.01 Å². The molecule has 26 heavy (non-hydrogen) atoms. The van der Waals surface area contributed by atoms with E-state index in [9.17, 15) is 19.7 Å². The van der Waals surface area contributed by atoms with E-state index in [1.165, 1.54) is 35.6 Å². The average molecular weight is 371 g/mol. The quantitative estimate of drug-likeness (QED) is 0.317. The Morgan fingerprint density at radius 1 is 1.50 bits per heavy atom. The van der Waals surface area contributed by atoms with Gasteiger partial charge in [-0.2, -0.15) is 5.26 Å². The number of ether oxygens (including phenoxy) is 1. The standard InChI is InChI=1S/C17H13N3O5S/c1-11-10-26-17(19-11)14(8-18)15(21)9-25-16(22)6-5-12-3-2-4-13(7-12)20(23)24/h2-7,10,14H,9H2,1H3/b6-5+/t14-/m0/s1. The number of nitro groups is 1. The Labute approximate surface area is 152 Å². The number of carbonyl (C=O) groups excluding carboxylic acids is 2. The number of nitriles is 1. The molecular formula is C17H13N3O5S. The van der Waals surface area contributed by atoms with Crippen LogP contribution in [0.1, 0.15) is 22.2 Å². The lowest BCUT2D eigenvalue weighted by molar-refractivity contribution is -0.384. The fraction of sp³-hybridized carbons (Fsp3) is 0.176. The third kappa shape index (κ3) is 5.06. The van der Waals surface area contributed by atoms with Crippen molar-refractivity contribution in [3.05, 3.63) is 62.1 Å². The Hall–Kier alpha value is -3.38. The first kappa shape index (κ1) is 19.0. The first-order valence-electron chi connectivity index (χ1n) is 7.34. The molecule has 132 valence electrons. The van der Waals surface area contributed by atoms with Gasteiger partial charge in [-0.1, -0.05) is 12.1 Å². The molecule has 1 atom stereocenters. The Balaban J connectivity index is 1.93. The number of Topliss-reactive ketones (excluding diaryl/α,β-unsaturated/α-hetero) is 1. The number of ketones is 1. The molecule has 8 nitrogen and oxygen atoms in total. The minimum atomic E-state index is -1.08. The fourth-order valence-corrected chi connectivity index (χ4v) is 2.81. The topological polar surface area (TPSA) is 123 Å². The predicted octanol–water partition coefficient (Wildman–Crippen LogP) is 2.79. The second-order valence-corrected chi connectivity index (χ2v) is 6.04. The highest BCUT2D eigenvalue weighted by Crippen LogP contribution is 2.20. The van der Waals surface area contributed by atoms with Gasteiger partial charge in [0.05, 0.1) is 11.0 Å². The molecule has 0 N–H and O–H groups in total. The zero-order valence-corrected chi connectivity index (χ0v) is 14.4. The lowest BCUT2D eigenvalue weighted by Gasteiger charge is -2.05. The summed E-state index contributed by atoms with van der Waals surface area (Å²) in [5.74, 6) is -2.45. The van der Waals surface area contributed by atoms with Crippen LogP contribution in [0.15, 0.2) is 35.7 Å². The number of aromatic nitrogens is 1. The molecule has 0 unspecified atom stereocenters. The van der Waals surface area contributed by atoms with E-state index >= 15 is 0 Å². The van der Waals surface area contributed by atoms with E-state index < -0.39 is 29.2 Å². The zero-order valence-electron chi connectivity index (χ0n) is 13.6. The molecule has 2 rings (SSSR count). The van der Waals surface area contributed by atoms with Crippen molar-refractivity contribution >= 4 is 34.9 Å². The van der Waals surface area contributed by atoms with Crippen molar-refractivity contribution in [2.45, 2.75) is 12.8 Å². The Kier molecular flexibility index (Phi) is 6.30. The van der Waals surface area contributed by atoms with E-state index in [-0.39, 0.29) is 5.69 Å². The number of carbonyl (C=O) groups is 2. The van der Waals surface area contributed by atoms with Crippen molar-refractivity contribution in [2.24, 2.45) is 0 Å². The molecule has 0 aliphatic carbocycles. The summed E-state index contributed by atoms with van der Waals surface area (Å²) in [5.41, 5.74) is 1.04. The van der Waals surface area contributed by atoms with Gasteiger partial charge >= 0.3 is 5.97 Å². The summed E-state index contributed by atoms with van der Waals surface area (Å²) in [4.78, 5) is 38.0. The van der Waals surface area contributed by atoms with E-state index in [0.717, 1.165) is 6.08 Å². The molecule has 2 aromatic rings. The van der Waals surface area contributed by atoms with E-state index in [1.54, 1.807) is 18.4 Å². The van der Waals surface area contributed by atoms with Gasteiger partial charge in [0.15, 0.2) is 18.3 Å². The van der Waals surface area contributed by atoms with Gasteiger partial charge in [-0.15, -0.1) is 11.3 Å². The van der Waals surface area contributed by atoms with Crippen molar-refractivity contribution < 1.29 is 19.2 Å². The summed E-state index contributed by atoms with van der Waals surface area (Å²) in [6, 6.07) is 7.55. The third-order valence-electron chi connectivity index (χ3n) is 3.18. The highest BCUT2D eigenvalue weighted by molar-refractivity contribution is 7.09. The number of non-ortho nitro benzene ring substituents is 1. The van der Waals surface area contributed by atoms with E-state index in [1.807, 2.05) is 6.07 Å². The van der Waals surface area contributed by atoms with Gasteiger partial charge < -0.3 is 4.74 Å². The molecule has 0 spiro atoms. The Morgan fingerprint density at radius 3 is 2.88 bits per heavy atom. The largest absolute Gasteiger partial charge is 0.454 e. The van der Waals surface area contributed by atoms with E-state index in [0.29, 0.717) is 16.3 Å². The van der Waals surface area contributed by atoms with E-state index in [4.69, 9.17) is 10.00 Å². The van der Waals surface area contributed by atoms with Crippen molar-refractivity contribution in [1.82, 2.24) is 4.98 Å². The summed E-state index contributed by atoms with van der Waals surface area (Å²) >= 11 is 1.19. The molecule has 1 aromatic heterocycles. The lowest BCUT2D eigenvalue weighted by Crippen LogP contribution is -2.19. The number of nitro benzene ring substituents is 1. The van der Waals surface area contributed by atoms with Gasteiger partial charge in [-0.25, -0.2) is 9.78 Å². The van der Waals surface area contributed by atoms with Crippen LogP contribution in [0.25, 0.3) is 6.08 Å². The summed E-state index contributed by atoms with van der Waals surface area (Å²) in [5, 5.41) is 21.9. The number of esters is 1. The van der Waals surface area contributed by atoms with E-state index in [2.05, 4.69) is 4.98 Å². The molecule has 1 aromatic carbocycles. The molecular weight excluding hydrogens is 358 g/mol. The maximum Gasteiger partial charge on any atom is 0.331 e. The highest BCUT2D eigenvalue weighted by Gasteiger charge is 2.24. The van der Waals surface area contributed by atoms with Crippen LogP contribution in [0.3, 0.4) is 0 Å². The number of rotatable bonds is 7. The SMILES string of the molecule is Cc1csc([C@@H](C#N)C(=O)COC(=O)/C=C/c2cccc([N+](=O)[O-])c2)n1. The number of hydrogen-bond donors (Lipinski definition) is 0. The van der Waals surface area contributed by atoms with Crippen LogP contribution >= 0.6 is 11.3 Å². The first-order valence-corrected chi connectivity index (χ1v) is 8.22. The van der Waals surface area contributed by atoms with Gasteiger partial charge in [0, 0.05) is 29.3 Å². The fourth-order valence-electron chi connectivity index (χ4n) is 1.95. The van der Waals surface area contributed by atoms with Crippen molar-refractivity contribution in [3.63, 3.8) is 0 Å². The molecule has 0 saturated heterocycles. The smallest absolute Gasteiger partial charge is 0.331 e. The summed E-state index contributed by atoms with van der Waals surface area (Å²) in [6.07, 6.45) is 2.40. The summed E-state index contributed by atoms with van der Waals surface area (Å²) in [6.45, 7) is 1.19. The van der Waals surface area contributed by atoms with Crippen LogP contribution in [-0.4, -0.2) is 28.3 Å². The first-order chi connectivity index (χ1) is 12.4. The lowest BCUT2D eigenvalue weighted by atomic mass is 10.1. The third-order valence-corrected chi connectivity index (χ3v) is 4.21. The summed E-state index contributed by atoms with van der Waals surface area (Å²) < 4.78 is 4.83. The Bertz CT molecular complexity index is 913. The second kappa shape index (κ2) is 8.64. The van der Waals surface area contributed by atoms with Crippen LogP contribution in [0.5, 0.6) is 0 Å². The molecule has 0 radical (unpaired) electrons. The summed E-state index contributed by atoms with van der Waals surface area (Å²) in [7, 11) is 0. The molecule has 0 fully saturated rings. The molecule has 0 saturated carbocycles. The molecule has 0 bridgehead atoms. The van der Waals surface area contributed by atoms with Crippen molar-refractivity contribution in [2.75, 3.05) is 6.61 Å². The van der Waals surface area contributed by atoms with Gasteiger partial charge in [-0.3, -0.25) is 14.9 Å². The van der Waals surface area contributed by atoms with Crippen LogP contribution in [-0.2, 0) is 14.3 Å². The predicted molar refractivity (Wildman–Crippen MR) is 93.3 cm³/mol. The minimum Gasteiger partial charge on any atom is -0.454 e. The molecule has 0 aliphatic rings. The number of benzene rings is 1. The monoisotopic (exact) mass is 371 g/mol. The average Bonchev–Trinajstić information content (AvgIpc) is 3.05. The maximum atomic E-state index is 12.1. The zero-order chi connectivity index (χ0) is 19.1.